The second kappa shape index (κ2) is 6.70. The Morgan fingerprint density at radius 1 is 1.47 bits per heavy atom. The zero-order chi connectivity index (χ0) is 13.7. The molecule has 0 amide bonds. The Bertz CT molecular complexity index is 390. The molecule has 0 radical (unpaired) electrons. The van der Waals surface area contributed by atoms with Crippen molar-refractivity contribution >= 4 is 15.9 Å². The quantitative estimate of drug-likeness (QED) is 0.837. The van der Waals surface area contributed by atoms with Crippen LogP contribution in [0.5, 0.6) is 5.75 Å². The fourth-order valence-corrected chi connectivity index (χ4v) is 2.22. The van der Waals surface area contributed by atoms with Gasteiger partial charge in [0.2, 0.25) is 0 Å². The summed E-state index contributed by atoms with van der Waals surface area (Å²) in [5.41, 5.74) is -0.0153. The molecule has 1 heterocycles. The van der Waals surface area contributed by atoms with Crippen molar-refractivity contribution in [3.8, 4) is 5.75 Å². The van der Waals surface area contributed by atoms with E-state index in [2.05, 4.69) is 28.2 Å². The van der Waals surface area contributed by atoms with Crippen molar-refractivity contribution < 1.29 is 14.6 Å². The van der Waals surface area contributed by atoms with Gasteiger partial charge in [-0.1, -0.05) is 15.9 Å². The molecule has 4 nitrogen and oxygen atoms in total. The normalized spacial score (nSPS) is 24.4. The minimum absolute atomic E-state index is 0.0153. The molecule has 2 N–H and O–H groups in total. The summed E-state index contributed by atoms with van der Waals surface area (Å²) in [6.45, 7) is 4.40. The number of aliphatic hydroxyl groups excluding tert-OH is 1. The Balaban J connectivity index is 1.69. The maximum atomic E-state index is 9.90. The molecule has 0 saturated carbocycles. The molecular weight excluding hydrogens is 310 g/mol. The van der Waals surface area contributed by atoms with Gasteiger partial charge in [0.15, 0.2) is 0 Å². The molecule has 0 aliphatic carbocycles. The lowest BCUT2D eigenvalue weighted by Gasteiger charge is -2.25. The van der Waals surface area contributed by atoms with E-state index in [4.69, 9.17) is 9.47 Å². The Kier molecular flexibility index (Phi) is 5.21. The summed E-state index contributed by atoms with van der Waals surface area (Å²) in [7, 11) is 0. The number of rotatable bonds is 6. The van der Waals surface area contributed by atoms with E-state index in [1.54, 1.807) is 0 Å². The van der Waals surface area contributed by atoms with Gasteiger partial charge in [0, 0.05) is 23.2 Å². The topological polar surface area (TPSA) is 50.7 Å². The number of halogens is 1. The van der Waals surface area contributed by atoms with Crippen LogP contribution in [0.1, 0.15) is 13.3 Å². The summed E-state index contributed by atoms with van der Waals surface area (Å²) in [5, 5.41) is 13.2. The molecule has 5 heteroatoms. The van der Waals surface area contributed by atoms with E-state index in [-0.39, 0.29) is 12.1 Å². The zero-order valence-corrected chi connectivity index (χ0v) is 12.6. The van der Waals surface area contributed by atoms with Gasteiger partial charge in [-0.25, -0.2) is 0 Å². The third kappa shape index (κ3) is 4.76. The van der Waals surface area contributed by atoms with Crippen LogP contribution < -0.4 is 10.1 Å². The van der Waals surface area contributed by atoms with Crippen LogP contribution >= 0.6 is 15.9 Å². The standard InChI is InChI=1S/C14H20BrNO3/c1-14(6-7-18-10-14)16-8-12(17)9-19-13-4-2-11(15)3-5-13/h2-5,12,16-17H,6-10H2,1H3. The van der Waals surface area contributed by atoms with Crippen molar-refractivity contribution in [1.29, 1.82) is 0 Å². The molecule has 1 saturated heterocycles. The second-order valence-corrected chi connectivity index (χ2v) is 6.08. The fourth-order valence-electron chi connectivity index (χ4n) is 1.95. The summed E-state index contributed by atoms with van der Waals surface area (Å²) in [6, 6.07) is 7.57. The van der Waals surface area contributed by atoms with Crippen LogP contribution in [0.15, 0.2) is 28.7 Å². The molecule has 2 atom stereocenters. The number of hydrogen-bond acceptors (Lipinski definition) is 4. The number of ether oxygens (including phenoxy) is 2. The number of hydrogen-bond donors (Lipinski definition) is 2. The molecule has 1 aromatic carbocycles. The lowest BCUT2D eigenvalue weighted by atomic mass is 10.0. The predicted molar refractivity (Wildman–Crippen MR) is 77.5 cm³/mol. The van der Waals surface area contributed by atoms with Gasteiger partial charge in [0.25, 0.3) is 0 Å². The number of β-amino-alcohol motifs (C(OH)–C–C–N with tert-alkyl or cyclic N) is 1. The fraction of sp³-hybridized carbons (Fsp3) is 0.571. The third-order valence-corrected chi connectivity index (χ3v) is 3.77. The van der Waals surface area contributed by atoms with Gasteiger partial charge in [0.05, 0.1) is 6.61 Å². The molecule has 0 aromatic heterocycles. The highest BCUT2D eigenvalue weighted by molar-refractivity contribution is 9.10. The van der Waals surface area contributed by atoms with Crippen molar-refractivity contribution in [3.63, 3.8) is 0 Å². The Morgan fingerprint density at radius 2 is 2.21 bits per heavy atom. The molecule has 2 rings (SSSR count). The van der Waals surface area contributed by atoms with Crippen LogP contribution in [0, 0.1) is 0 Å². The second-order valence-electron chi connectivity index (χ2n) is 5.16. The molecule has 1 aromatic rings. The van der Waals surface area contributed by atoms with Gasteiger partial charge in [-0.2, -0.15) is 0 Å². The lowest BCUT2D eigenvalue weighted by molar-refractivity contribution is 0.0944. The maximum Gasteiger partial charge on any atom is 0.119 e. The van der Waals surface area contributed by atoms with E-state index in [9.17, 15) is 5.11 Å². The number of aliphatic hydroxyl groups is 1. The third-order valence-electron chi connectivity index (χ3n) is 3.24. The molecule has 1 aliphatic rings. The molecule has 106 valence electrons. The summed E-state index contributed by atoms with van der Waals surface area (Å²) in [5.74, 6) is 0.762. The largest absolute Gasteiger partial charge is 0.491 e. The zero-order valence-electron chi connectivity index (χ0n) is 11.1. The lowest BCUT2D eigenvalue weighted by Crippen LogP contribution is -2.47. The van der Waals surface area contributed by atoms with Crippen LogP contribution in [-0.2, 0) is 4.74 Å². The molecule has 1 fully saturated rings. The Morgan fingerprint density at radius 3 is 2.84 bits per heavy atom. The van der Waals surface area contributed by atoms with Crippen LogP contribution in [0.2, 0.25) is 0 Å². The van der Waals surface area contributed by atoms with Crippen molar-refractivity contribution in [2.45, 2.75) is 25.0 Å². The van der Waals surface area contributed by atoms with Crippen molar-refractivity contribution in [2.75, 3.05) is 26.4 Å². The molecule has 2 unspecified atom stereocenters. The van der Waals surface area contributed by atoms with Gasteiger partial charge in [-0.05, 0) is 37.6 Å². The average Bonchev–Trinajstić information content (AvgIpc) is 2.83. The predicted octanol–water partition coefficient (Wildman–Crippen LogP) is 1.96. The van der Waals surface area contributed by atoms with Crippen molar-refractivity contribution in [3.05, 3.63) is 28.7 Å². The SMILES string of the molecule is CC1(NCC(O)COc2ccc(Br)cc2)CCOC1. The van der Waals surface area contributed by atoms with Gasteiger partial charge in [-0.3, -0.25) is 0 Å². The van der Waals surface area contributed by atoms with Crippen molar-refractivity contribution in [2.24, 2.45) is 0 Å². The average molecular weight is 330 g/mol. The first-order valence-corrected chi connectivity index (χ1v) is 7.26. The molecule has 19 heavy (non-hydrogen) atoms. The highest BCUT2D eigenvalue weighted by Gasteiger charge is 2.29. The minimum atomic E-state index is -0.527. The van der Waals surface area contributed by atoms with Crippen molar-refractivity contribution in [1.82, 2.24) is 5.32 Å². The summed E-state index contributed by atoms with van der Waals surface area (Å²) < 4.78 is 11.9. The summed E-state index contributed by atoms with van der Waals surface area (Å²) in [6.07, 6.45) is 0.453. The molecule has 0 bridgehead atoms. The van der Waals surface area contributed by atoms with E-state index in [1.807, 2.05) is 24.3 Å². The van der Waals surface area contributed by atoms with Crippen LogP contribution in [-0.4, -0.2) is 43.1 Å². The van der Waals surface area contributed by atoms with Gasteiger partial charge < -0.3 is 19.9 Å². The van der Waals surface area contributed by atoms with E-state index >= 15 is 0 Å². The summed E-state index contributed by atoms with van der Waals surface area (Å²) >= 11 is 3.37. The first kappa shape index (κ1) is 14.8. The molecule has 1 aliphatic heterocycles. The van der Waals surface area contributed by atoms with E-state index < -0.39 is 6.10 Å². The van der Waals surface area contributed by atoms with E-state index in [1.165, 1.54) is 0 Å². The van der Waals surface area contributed by atoms with Gasteiger partial charge in [-0.15, -0.1) is 0 Å². The first-order chi connectivity index (χ1) is 9.07. The molecule has 0 spiro atoms. The number of benzene rings is 1. The van der Waals surface area contributed by atoms with Crippen LogP contribution in [0.3, 0.4) is 0 Å². The summed E-state index contributed by atoms with van der Waals surface area (Å²) in [4.78, 5) is 0. The highest BCUT2D eigenvalue weighted by Crippen LogP contribution is 2.18. The smallest absolute Gasteiger partial charge is 0.119 e. The van der Waals surface area contributed by atoms with Crippen LogP contribution in [0.25, 0.3) is 0 Å². The number of nitrogens with one attached hydrogen (secondary N) is 1. The maximum absolute atomic E-state index is 9.90. The van der Waals surface area contributed by atoms with E-state index in [0.717, 1.165) is 23.2 Å². The van der Waals surface area contributed by atoms with Gasteiger partial charge in [0.1, 0.15) is 18.5 Å². The Hall–Kier alpha value is -0.620. The van der Waals surface area contributed by atoms with Gasteiger partial charge >= 0.3 is 0 Å². The van der Waals surface area contributed by atoms with E-state index in [0.29, 0.717) is 13.2 Å². The monoisotopic (exact) mass is 329 g/mol. The first-order valence-electron chi connectivity index (χ1n) is 6.47. The Labute approximate surface area is 122 Å². The minimum Gasteiger partial charge on any atom is -0.491 e. The van der Waals surface area contributed by atoms with Crippen LogP contribution in [0.4, 0.5) is 0 Å². The highest BCUT2D eigenvalue weighted by atomic mass is 79.9. The molecular formula is C14H20BrNO3.